The Bertz CT molecular complexity index is 1440. The number of carboxylic acids is 1. The molecule has 1 heterocycles. The summed E-state index contributed by atoms with van der Waals surface area (Å²) in [4.78, 5) is 14.3. The van der Waals surface area contributed by atoms with E-state index in [2.05, 4.69) is 90.7 Å². The highest BCUT2D eigenvalue weighted by Crippen LogP contribution is 2.78. The summed E-state index contributed by atoms with van der Waals surface area (Å²) < 4.78 is 0. The van der Waals surface area contributed by atoms with Gasteiger partial charge in [-0.2, -0.15) is 0 Å². The van der Waals surface area contributed by atoms with E-state index in [-0.39, 0.29) is 10.8 Å². The quantitative estimate of drug-likeness (QED) is 0.303. The van der Waals surface area contributed by atoms with E-state index in [4.69, 9.17) is 0 Å². The maximum atomic E-state index is 11.6. The van der Waals surface area contributed by atoms with Gasteiger partial charge in [0.25, 0.3) is 0 Å². The number of nitrogens with one attached hydrogen (secondary N) is 1. The van der Waals surface area contributed by atoms with Crippen LogP contribution in [0.3, 0.4) is 0 Å². The van der Waals surface area contributed by atoms with Crippen LogP contribution >= 0.6 is 0 Å². The van der Waals surface area contributed by atoms with Crippen molar-refractivity contribution in [1.29, 1.82) is 0 Å². The first-order valence-electron chi connectivity index (χ1n) is 20.5. The van der Waals surface area contributed by atoms with Crippen LogP contribution in [0, 0.1) is 62.1 Å². The fraction of sp³-hybridized carbons (Fsp3) is 0.800. The zero-order valence-electron chi connectivity index (χ0n) is 32.8. The molecule has 0 aromatic heterocycles. The van der Waals surface area contributed by atoms with Gasteiger partial charge in [0.2, 0.25) is 0 Å². The van der Waals surface area contributed by atoms with E-state index >= 15 is 0 Å². The molecule has 6 aliphatic rings. The summed E-state index contributed by atoms with van der Waals surface area (Å²) >= 11 is 0. The first-order valence-corrected chi connectivity index (χ1v) is 20.5. The van der Waals surface area contributed by atoms with Crippen LogP contribution < -0.4 is 5.32 Å². The molecule has 0 amide bonds. The van der Waals surface area contributed by atoms with Crippen molar-refractivity contribution in [3.05, 3.63) is 41.5 Å². The molecule has 5 aliphatic carbocycles. The van der Waals surface area contributed by atoms with Crippen molar-refractivity contribution in [2.75, 3.05) is 26.2 Å². The third kappa shape index (κ3) is 5.37. The third-order valence-corrected chi connectivity index (χ3v) is 17.5. The molecule has 1 saturated heterocycles. The molecule has 1 aromatic carbocycles. The maximum Gasteiger partial charge on any atom is 0.335 e. The smallest absolute Gasteiger partial charge is 0.335 e. The summed E-state index contributed by atoms with van der Waals surface area (Å²) in [5, 5.41) is 13.7. The molecule has 0 bridgehead atoms. The first kappa shape index (κ1) is 35.7. The van der Waals surface area contributed by atoms with E-state index in [1.165, 1.54) is 102 Å². The van der Waals surface area contributed by atoms with Crippen molar-refractivity contribution >= 4 is 11.5 Å². The second-order valence-electron chi connectivity index (χ2n) is 20.5. The van der Waals surface area contributed by atoms with Crippen LogP contribution in [0.2, 0.25) is 0 Å². The molecule has 10 atom stereocenters. The van der Waals surface area contributed by atoms with Gasteiger partial charge < -0.3 is 10.4 Å². The predicted octanol–water partition coefficient (Wildman–Crippen LogP) is 10.6. The minimum Gasteiger partial charge on any atom is -0.478 e. The molecule has 5 fully saturated rings. The zero-order chi connectivity index (χ0) is 35.2. The molecule has 1 unspecified atom stereocenters. The maximum absolute atomic E-state index is 11.6. The lowest BCUT2D eigenvalue weighted by Gasteiger charge is -2.72. The molecule has 2 N–H and O–H groups in total. The van der Waals surface area contributed by atoms with Gasteiger partial charge in [0.15, 0.2) is 0 Å². The van der Waals surface area contributed by atoms with Gasteiger partial charge in [-0.25, -0.2) is 4.79 Å². The van der Waals surface area contributed by atoms with Gasteiger partial charge in [-0.15, -0.1) is 0 Å². The molecule has 1 aliphatic heterocycles. The zero-order valence-corrected chi connectivity index (χ0v) is 32.8. The summed E-state index contributed by atoms with van der Waals surface area (Å²) in [5.74, 6) is 3.00. The Morgan fingerprint density at radius 3 is 2.31 bits per heavy atom. The van der Waals surface area contributed by atoms with Crippen molar-refractivity contribution in [1.82, 2.24) is 10.2 Å². The summed E-state index contributed by atoms with van der Waals surface area (Å²) in [6.07, 6.45) is 17.6. The standard InChI is InChI=1S/C45H70N2O2/c1-10-47-27-11-12-32(47)28-46-29-45-24-20-34(40(2,3)4)38(45)35-17-18-37-42(7)22-19-33(30-13-15-31(16-14-30)39(48)49)41(5,6)36(42)21-23-44(37,9)43(35,8)25-26-45/h13-16,19,32,34-38,46H,10-12,17-18,20-29H2,1-9H3,(H,48,49)/t32?,34-,35-,36+,37-,38-,42+,43-,44-,45-/m1/s1. The van der Waals surface area contributed by atoms with Gasteiger partial charge >= 0.3 is 5.97 Å². The molecule has 7 rings (SSSR count). The number of hydrogen-bond donors (Lipinski definition) is 2. The van der Waals surface area contributed by atoms with E-state index in [9.17, 15) is 9.90 Å². The lowest BCUT2D eigenvalue weighted by atomic mass is 9.32. The fourth-order valence-corrected chi connectivity index (χ4v) is 14.9. The number of aromatic carboxylic acids is 1. The minimum atomic E-state index is -0.846. The van der Waals surface area contributed by atoms with Crippen molar-refractivity contribution < 1.29 is 9.90 Å². The Labute approximate surface area is 299 Å². The van der Waals surface area contributed by atoms with E-state index in [1.807, 2.05) is 0 Å². The molecule has 4 saturated carbocycles. The highest BCUT2D eigenvalue weighted by molar-refractivity contribution is 5.88. The van der Waals surface area contributed by atoms with Gasteiger partial charge in [-0.1, -0.05) is 80.5 Å². The van der Waals surface area contributed by atoms with Crippen molar-refractivity contribution in [3.63, 3.8) is 0 Å². The Balaban J connectivity index is 1.17. The average molecular weight is 671 g/mol. The van der Waals surface area contributed by atoms with Crippen LogP contribution in [0.4, 0.5) is 0 Å². The fourth-order valence-electron chi connectivity index (χ4n) is 14.9. The number of carbonyl (C=O) groups is 1. The molecule has 272 valence electrons. The van der Waals surface area contributed by atoms with Gasteiger partial charge in [-0.3, -0.25) is 4.90 Å². The highest BCUT2D eigenvalue weighted by Gasteiger charge is 2.70. The highest BCUT2D eigenvalue weighted by atomic mass is 16.4. The monoisotopic (exact) mass is 671 g/mol. The van der Waals surface area contributed by atoms with E-state index < -0.39 is 5.97 Å². The predicted molar refractivity (Wildman–Crippen MR) is 204 cm³/mol. The average Bonchev–Trinajstić information content (AvgIpc) is 3.66. The van der Waals surface area contributed by atoms with E-state index in [0.29, 0.717) is 33.1 Å². The summed E-state index contributed by atoms with van der Waals surface area (Å²) in [7, 11) is 0. The first-order chi connectivity index (χ1) is 23.0. The van der Waals surface area contributed by atoms with Crippen molar-refractivity contribution in [2.45, 2.75) is 139 Å². The number of hydrogen-bond acceptors (Lipinski definition) is 3. The number of nitrogens with zero attached hydrogens (tertiary/aromatic N) is 1. The minimum absolute atomic E-state index is 0.0552. The molecular weight excluding hydrogens is 601 g/mol. The second kappa shape index (κ2) is 12.2. The number of rotatable bonds is 7. The molecule has 0 spiro atoms. The Hall–Kier alpha value is -1.65. The van der Waals surface area contributed by atoms with Gasteiger partial charge in [-0.05, 0) is 169 Å². The normalized spacial score (nSPS) is 43.2. The van der Waals surface area contributed by atoms with E-state index in [0.717, 1.165) is 36.1 Å². The van der Waals surface area contributed by atoms with Gasteiger partial charge in [0, 0.05) is 19.1 Å². The van der Waals surface area contributed by atoms with Gasteiger partial charge in [0.05, 0.1) is 5.56 Å². The molecule has 49 heavy (non-hydrogen) atoms. The van der Waals surface area contributed by atoms with E-state index in [1.54, 1.807) is 12.1 Å². The largest absolute Gasteiger partial charge is 0.478 e. The van der Waals surface area contributed by atoms with Crippen LogP contribution in [0.15, 0.2) is 30.3 Å². The van der Waals surface area contributed by atoms with Crippen LogP contribution in [0.5, 0.6) is 0 Å². The summed E-state index contributed by atoms with van der Waals surface area (Å²) in [6.45, 7) is 28.2. The van der Waals surface area contributed by atoms with Crippen LogP contribution in [0.1, 0.15) is 149 Å². The Morgan fingerprint density at radius 2 is 1.63 bits per heavy atom. The van der Waals surface area contributed by atoms with Crippen LogP contribution in [-0.4, -0.2) is 48.2 Å². The Kier molecular flexibility index (Phi) is 8.91. The lowest BCUT2D eigenvalue weighted by molar-refractivity contribution is -0.229. The summed E-state index contributed by atoms with van der Waals surface area (Å²) in [5.41, 5.74) is 4.93. The molecule has 1 aromatic rings. The molecule has 0 radical (unpaired) electrons. The number of fused-ring (bicyclic) bond motifs is 7. The number of likely N-dealkylation sites (N-methyl/N-ethyl adjacent to an activating group) is 1. The molecule has 4 heteroatoms. The number of likely N-dealkylation sites (tertiary alicyclic amines) is 1. The SMILES string of the molecule is CCN1CCCC1CNC[C@]12CC[C@@H](C(C)(C)C)[C@@H]1[C@H]1CC[C@@H]3[C@@]4(C)CC=C(c5ccc(C(=O)O)cc5)C(C)(C)[C@@H]4CC[C@@]3(C)[C@]1(C)CC2. The summed E-state index contributed by atoms with van der Waals surface area (Å²) in [6, 6.07) is 8.44. The number of allylic oxidation sites excluding steroid dienone is 2. The van der Waals surface area contributed by atoms with Crippen LogP contribution in [0.25, 0.3) is 5.57 Å². The molecule has 4 nitrogen and oxygen atoms in total. The lowest BCUT2D eigenvalue weighted by Crippen LogP contribution is -2.66. The van der Waals surface area contributed by atoms with Gasteiger partial charge in [0.1, 0.15) is 0 Å². The Morgan fingerprint density at radius 1 is 0.898 bits per heavy atom. The number of carboxylic acid groups (broad SMARTS) is 1. The van der Waals surface area contributed by atoms with Crippen molar-refractivity contribution in [3.8, 4) is 0 Å². The molecular formula is C45H70N2O2. The topological polar surface area (TPSA) is 52.6 Å². The number of benzene rings is 1. The third-order valence-electron chi connectivity index (χ3n) is 17.5. The van der Waals surface area contributed by atoms with Crippen molar-refractivity contribution in [2.24, 2.45) is 62.1 Å². The van der Waals surface area contributed by atoms with Crippen LogP contribution in [-0.2, 0) is 0 Å². The second-order valence-corrected chi connectivity index (χ2v) is 20.5.